The first kappa shape index (κ1) is 8.34. The maximum absolute atomic E-state index is 11.2. The molecule has 0 aromatic heterocycles. The van der Waals surface area contributed by atoms with Gasteiger partial charge >= 0.3 is 0 Å². The molecule has 4 heteroatoms. The third kappa shape index (κ3) is 1.30. The molecule has 2 fully saturated rings. The Morgan fingerprint density at radius 3 is 1.40 bits per heavy atom. The van der Waals surface area contributed by atoms with Crippen molar-refractivity contribution in [1.29, 1.82) is 0 Å². The van der Waals surface area contributed by atoms with E-state index in [1.165, 1.54) is 0 Å². The third-order valence-corrected chi connectivity index (χ3v) is 4.78. The van der Waals surface area contributed by atoms with Gasteiger partial charge in [-0.25, -0.2) is 8.42 Å². The number of hydrogen-bond acceptors (Lipinski definition) is 2. The lowest BCUT2D eigenvalue weighted by Gasteiger charge is -1.94. The Kier molecular flexibility index (Phi) is 1.98. The highest BCUT2D eigenvalue weighted by molar-refractivity contribution is 7.93. The van der Waals surface area contributed by atoms with Crippen molar-refractivity contribution >= 4 is 9.84 Å². The molecule has 2 rings (SSSR count). The Bertz CT molecular complexity index is 196. The largest absolute Gasteiger partial charge is 1.00 e. The van der Waals surface area contributed by atoms with Gasteiger partial charge in [0.2, 0.25) is 0 Å². The Labute approximate surface area is 67.3 Å². The Balaban J connectivity index is 0.000000500. The quantitative estimate of drug-likeness (QED) is 0.482. The van der Waals surface area contributed by atoms with E-state index in [9.17, 15) is 8.42 Å². The molecule has 0 aromatic rings. The highest BCUT2D eigenvalue weighted by atomic mass is 35.5. The molecular formula is C6H10ClO2S-. The van der Waals surface area contributed by atoms with Crippen LogP contribution in [0.2, 0.25) is 0 Å². The Hall–Kier alpha value is 0.240. The predicted octanol–water partition coefficient (Wildman–Crippen LogP) is -2.27. The van der Waals surface area contributed by atoms with Gasteiger partial charge < -0.3 is 12.4 Å². The highest BCUT2D eigenvalue weighted by Crippen LogP contribution is 2.39. The van der Waals surface area contributed by atoms with E-state index in [2.05, 4.69) is 0 Å². The number of halogens is 1. The van der Waals surface area contributed by atoms with Crippen molar-refractivity contribution in [2.24, 2.45) is 0 Å². The van der Waals surface area contributed by atoms with E-state index in [0.29, 0.717) is 0 Å². The summed E-state index contributed by atoms with van der Waals surface area (Å²) in [5.74, 6) is 0. The molecular weight excluding hydrogens is 172 g/mol. The van der Waals surface area contributed by atoms with E-state index >= 15 is 0 Å². The average Bonchev–Trinajstić information content (AvgIpc) is 2.62. The van der Waals surface area contributed by atoms with Crippen LogP contribution in [0, 0.1) is 0 Å². The summed E-state index contributed by atoms with van der Waals surface area (Å²) >= 11 is 0. The van der Waals surface area contributed by atoms with Crippen molar-refractivity contribution in [2.45, 2.75) is 36.2 Å². The van der Waals surface area contributed by atoms with Gasteiger partial charge in [0.1, 0.15) is 0 Å². The fourth-order valence-electron chi connectivity index (χ4n) is 1.07. The SMILES string of the molecule is O=S(=O)(C1CC1)C1CC1.[Cl-]. The van der Waals surface area contributed by atoms with E-state index in [1.54, 1.807) is 0 Å². The molecule has 0 saturated heterocycles. The summed E-state index contributed by atoms with van der Waals surface area (Å²) in [5, 5.41) is 0.148. The van der Waals surface area contributed by atoms with E-state index in [1.807, 2.05) is 0 Å². The maximum atomic E-state index is 11.2. The summed E-state index contributed by atoms with van der Waals surface area (Å²) in [5.41, 5.74) is 0. The molecule has 60 valence electrons. The van der Waals surface area contributed by atoms with Crippen LogP contribution < -0.4 is 12.4 Å². The van der Waals surface area contributed by atoms with Crippen molar-refractivity contribution in [3.05, 3.63) is 0 Å². The minimum atomic E-state index is -2.59. The number of sulfone groups is 1. The van der Waals surface area contributed by atoms with Gasteiger partial charge in [-0.3, -0.25) is 0 Å². The van der Waals surface area contributed by atoms with Crippen molar-refractivity contribution in [2.75, 3.05) is 0 Å². The lowest BCUT2D eigenvalue weighted by Crippen LogP contribution is -3.00. The zero-order valence-corrected chi connectivity index (χ0v) is 7.16. The van der Waals surface area contributed by atoms with Crippen molar-refractivity contribution in [3.8, 4) is 0 Å². The van der Waals surface area contributed by atoms with E-state index in [4.69, 9.17) is 0 Å². The maximum Gasteiger partial charge on any atom is 0.156 e. The van der Waals surface area contributed by atoms with E-state index in [-0.39, 0.29) is 22.9 Å². The summed E-state index contributed by atoms with van der Waals surface area (Å²) in [4.78, 5) is 0. The lowest BCUT2D eigenvalue weighted by atomic mass is 10.9. The molecule has 0 heterocycles. The molecule has 2 aliphatic carbocycles. The van der Waals surface area contributed by atoms with Crippen LogP contribution >= 0.6 is 0 Å². The van der Waals surface area contributed by atoms with Crippen LogP contribution in [-0.4, -0.2) is 18.9 Å². The standard InChI is InChI=1S/C6H10O2S.ClH/c7-9(8,5-1-2-5)6-3-4-6;/h5-6H,1-4H2;1H/p-1. The monoisotopic (exact) mass is 181 g/mol. The number of rotatable bonds is 2. The van der Waals surface area contributed by atoms with Gasteiger partial charge in [-0.15, -0.1) is 0 Å². The second kappa shape index (κ2) is 2.38. The zero-order chi connectivity index (χ0) is 6.48. The second-order valence-electron chi connectivity index (χ2n) is 2.99. The zero-order valence-electron chi connectivity index (χ0n) is 5.59. The van der Waals surface area contributed by atoms with E-state index in [0.717, 1.165) is 25.7 Å². The molecule has 0 amide bonds. The fourth-order valence-corrected chi connectivity index (χ4v) is 3.20. The number of hydrogen-bond donors (Lipinski definition) is 0. The Morgan fingerprint density at radius 1 is 0.900 bits per heavy atom. The molecule has 0 aromatic carbocycles. The van der Waals surface area contributed by atoms with Gasteiger partial charge in [0.25, 0.3) is 0 Å². The van der Waals surface area contributed by atoms with Gasteiger partial charge in [-0.2, -0.15) is 0 Å². The van der Waals surface area contributed by atoms with Gasteiger partial charge in [-0.05, 0) is 25.7 Å². The molecule has 2 saturated carbocycles. The molecule has 10 heavy (non-hydrogen) atoms. The molecule has 0 atom stereocenters. The van der Waals surface area contributed by atoms with E-state index < -0.39 is 9.84 Å². The molecule has 0 aliphatic heterocycles. The van der Waals surface area contributed by atoms with Crippen LogP contribution in [-0.2, 0) is 9.84 Å². The molecule has 0 N–H and O–H groups in total. The van der Waals surface area contributed by atoms with Crippen LogP contribution in [0.3, 0.4) is 0 Å². The fraction of sp³-hybridized carbons (Fsp3) is 1.00. The molecule has 0 unspecified atom stereocenters. The van der Waals surface area contributed by atoms with Gasteiger partial charge in [0.05, 0.1) is 10.5 Å². The van der Waals surface area contributed by atoms with Gasteiger partial charge in [-0.1, -0.05) is 0 Å². The van der Waals surface area contributed by atoms with Gasteiger partial charge in [0.15, 0.2) is 9.84 Å². The molecule has 0 radical (unpaired) electrons. The summed E-state index contributed by atoms with van der Waals surface area (Å²) in [6, 6.07) is 0. The van der Waals surface area contributed by atoms with Crippen molar-refractivity contribution in [1.82, 2.24) is 0 Å². The lowest BCUT2D eigenvalue weighted by molar-refractivity contribution is -0.00000416. The minimum Gasteiger partial charge on any atom is -1.00 e. The van der Waals surface area contributed by atoms with Crippen molar-refractivity contribution in [3.63, 3.8) is 0 Å². The molecule has 2 nitrogen and oxygen atoms in total. The minimum absolute atomic E-state index is 0. The van der Waals surface area contributed by atoms with Crippen LogP contribution in [0.5, 0.6) is 0 Å². The molecule has 2 aliphatic rings. The summed E-state index contributed by atoms with van der Waals surface area (Å²) in [6.07, 6.45) is 3.72. The van der Waals surface area contributed by atoms with Crippen LogP contribution in [0.4, 0.5) is 0 Å². The smallest absolute Gasteiger partial charge is 0.156 e. The Morgan fingerprint density at radius 2 is 1.20 bits per heavy atom. The topological polar surface area (TPSA) is 34.1 Å². The third-order valence-electron chi connectivity index (χ3n) is 1.98. The second-order valence-corrected chi connectivity index (χ2v) is 5.50. The summed E-state index contributed by atoms with van der Waals surface area (Å²) in [6.45, 7) is 0. The van der Waals surface area contributed by atoms with Crippen molar-refractivity contribution < 1.29 is 20.8 Å². The first-order valence-electron chi connectivity index (χ1n) is 3.44. The first-order valence-corrected chi connectivity index (χ1v) is 5.05. The molecule has 0 spiro atoms. The summed E-state index contributed by atoms with van der Waals surface area (Å²) in [7, 11) is -2.59. The molecule has 0 bridgehead atoms. The van der Waals surface area contributed by atoms with Crippen LogP contribution in [0.15, 0.2) is 0 Å². The summed E-state index contributed by atoms with van der Waals surface area (Å²) < 4.78 is 22.3. The van der Waals surface area contributed by atoms with Crippen LogP contribution in [0.1, 0.15) is 25.7 Å². The predicted molar refractivity (Wildman–Crippen MR) is 35.0 cm³/mol. The van der Waals surface area contributed by atoms with Gasteiger partial charge in [0, 0.05) is 0 Å². The normalized spacial score (nSPS) is 25.6. The van der Waals surface area contributed by atoms with Crippen LogP contribution in [0.25, 0.3) is 0 Å². The first-order chi connectivity index (χ1) is 4.21. The average molecular weight is 182 g/mol. The highest BCUT2D eigenvalue weighted by Gasteiger charge is 2.45.